The first kappa shape index (κ1) is 18.2. The third kappa shape index (κ3) is 3.67. The topological polar surface area (TPSA) is 106 Å². The zero-order valence-corrected chi connectivity index (χ0v) is 15.0. The molecule has 1 aliphatic heterocycles. The van der Waals surface area contributed by atoms with Crippen LogP contribution >= 0.6 is 0 Å². The first-order valence-corrected chi connectivity index (χ1v) is 8.26. The molecule has 0 saturated heterocycles. The summed E-state index contributed by atoms with van der Waals surface area (Å²) >= 11 is 0. The van der Waals surface area contributed by atoms with E-state index in [1.807, 2.05) is 0 Å². The van der Waals surface area contributed by atoms with Gasteiger partial charge in [0, 0.05) is 25.9 Å². The standard InChI is InChI=1S/C19H18N6O2/c1-19(10-17(27)25(3)18(20)24-19)16-9-12(6-7-22-16)8-15(26)14-5-4-13(21-2)11-23-14/h4-7,9,11H,8,10H2,1,3H3,(H2,20,24). The summed E-state index contributed by atoms with van der Waals surface area (Å²) in [6.45, 7) is 8.72. The molecule has 0 aromatic carbocycles. The maximum Gasteiger partial charge on any atom is 0.231 e. The monoisotopic (exact) mass is 362 g/mol. The lowest BCUT2D eigenvalue weighted by Crippen LogP contribution is -2.47. The molecule has 0 saturated carbocycles. The second-order valence-corrected chi connectivity index (χ2v) is 6.54. The molecule has 0 fully saturated rings. The van der Waals surface area contributed by atoms with Gasteiger partial charge in [0.25, 0.3) is 0 Å². The third-order valence-corrected chi connectivity index (χ3v) is 4.48. The van der Waals surface area contributed by atoms with Gasteiger partial charge in [0.1, 0.15) is 11.2 Å². The molecule has 136 valence electrons. The fourth-order valence-corrected chi connectivity index (χ4v) is 2.83. The minimum Gasteiger partial charge on any atom is -0.369 e. The van der Waals surface area contributed by atoms with Crippen molar-refractivity contribution in [2.75, 3.05) is 7.05 Å². The fraction of sp³-hybridized carbons (Fsp3) is 0.263. The predicted octanol–water partition coefficient (Wildman–Crippen LogP) is 1.84. The largest absolute Gasteiger partial charge is 0.369 e. The number of nitrogens with zero attached hydrogens (tertiary/aromatic N) is 5. The minimum atomic E-state index is -0.873. The number of carbonyl (C=O) groups excluding carboxylic acids is 2. The summed E-state index contributed by atoms with van der Waals surface area (Å²) in [6, 6.07) is 6.61. The van der Waals surface area contributed by atoms with Gasteiger partial charge >= 0.3 is 0 Å². The van der Waals surface area contributed by atoms with Crippen LogP contribution in [0, 0.1) is 6.57 Å². The van der Waals surface area contributed by atoms with Crippen LogP contribution in [0.2, 0.25) is 0 Å². The average molecular weight is 362 g/mol. The molecular weight excluding hydrogens is 344 g/mol. The lowest BCUT2D eigenvalue weighted by Gasteiger charge is -2.32. The number of aromatic nitrogens is 2. The third-order valence-electron chi connectivity index (χ3n) is 4.48. The van der Waals surface area contributed by atoms with Crippen molar-refractivity contribution in [2.24, 2.45) is 10.7 Å². The van der Waals surface area contributed by atoms with Gasteiger partial charge in [-0.1, -0.05) is 6.07 Å². The summed E-state index contributed by atoms with van der Waals surface area (Å²) in [7, 11) is 1.58. The summed E-state index contributed by atoms with van der Waals surface area (Å²) in [5, 5.41) is 0. The van der Waals surface area contributed by atoms with E-state index in [0.29, 0.717) is 17.1 Å². The zero-order chi connectivity index (χ0) is 19.6. The number of aliphatic imine (C=N–C) groups is 1. The Morgan fingerprint density at radius 3 is 2.78 bits per heavy atom. The summed E-state index contributed by atoms with van der Waals surface area (Å²) in [6.07, 6.45) is 3.24. The first-order valence-electron chi connectivity index (χ1n) is 8.26. The minimum absolute atomic E-state index is 0.128. The molecule has 2 aromatic rings. The maximum atomic E-state index is 12.5. The van der Waals surface area contributed by atoms with Gasteiger partial charge in [-0.3, -0.25) is 24.5 Å². The van der Waals surface area contributed by atoms with Gasteiger partial charge in [0.15, 0.2) is 11.7 Å². The van der Waals surface area contributed by atoms with Crippen LogP contribution in [0.1, 0.15) is 35.1 Å². The van der Waals surface area contributed by atoms with Crippen molar-refractivity contribution in [3.8, 4) is 0 Å². The van der Waals surface area contributed by atoms with Gasteiger partial charge in [-0.05, 0) is 30.7 Å². The quantitative estimate of drug-likeness (QED) is 0.660. The Morgan fingerprint density at radius 1 is 1.37 bits per heavy atom. The Labute approximate surface area is 156 Å². The van der Waals surface area contributed by atoms with E-state index in [9.17, 15) is 9.59 Å². The van der Waals surface area contributed by atoms with Crippen molar-refractivity contribution in [1.82, 2.24) is 14.9 Å². The normalized spacial score (nSPS) is 19.4. The number of nitrogens with two attached hydrogens (primary N) is 1. The molecule has 8 nitrogen and oxygen atoms in total. The van der Waals surface area contributed by atoms with Gasteiger partial charge in [0.05, 0.1) is 18.7 Å². The Morgan fingerprint density at radius 2 is 2.15 bits per heavy atom. The van der Waals surface area contributed by atoms with E-state index in [0.717, 1.165) is 5.56 Å². The number of guanidine groups is 1. The van der Waals surface area contributed by atoms with Gasteiger partial charge in [-0.25, -0.2) is 9.84 Å². The van der Waals surface area contributed by atoms with Crippen LogP contribution in [-0.4, -0.2) is 39.6 Å². The van der Waals surface area contributed by atoms with Gasteiger partial charge < -0.3 is 5.73 Å². The van der Waals surface area contributed by atoms with Crippen LogP contribution in [0.15, 0.2) is 41.7 Å². The van der Waals surface area contributed by atoms with Crippen LogP contribution in [0.5, 0.6) is 0 Å². The second kappa shape index (κ2) is 6.96. The summed E-state index contributed by atoms with van der Waals surface area (Å²) in [5.74, 6) is -0.171. The Kier molecular flexibility index (Phi) is 4.69. The SMILES string of the molecule is [C-]#[N+]c1ccc(C(=O)Cc2ccnc(C3(C)CC(=O)N(C)C(N)=N3)c2)nc1. The molecule has 1 unspecified atom stereocenters. The smallest absolute Gasteiger partial charge is 0.231 e. The molecule has 1 amide bonds. The van der Waals surface area contributed by atoms with Gasteiger partial charge in [-0.15, -0.1) is 0 Å². The molecule has 3 rings (SSSR count). The molecule has 27 heavy (non-hydrogen) atoms. The lowest BCUT2D eigenvalue weighted by atomic mass is 9.90. The van der Waals surface area contributed by atoms with Crippen molar-refractivity contribution < 1.29 is 9.59 Å². The van der Waals surface area contributed by atoms with Crippen molar-refractivity contribution in [3.63, 3.8) is 0 Å². The van der Waals surface area contributed by atoms with E-state index in [1.165, 1.54) is 11.1 Å². The highest BCUT2D eigenvalue weighted by atomic mass is 16.2. The van der Waals surface area contributed by atoms with Crippen molar-refractivity contribution >= 4 is 23.3 Å². The molecular formula is C19H18N6O2. The predicted molar refractivity (Wildman–Crippen MR) is 99.1 cm³/mol. The molecule has 3 heterocycles. The van der Waals surface area contributed by atoms with E-state index < -0.39 is 5.54 Å². The van der Waals surface area contributed by atoms with Crippen LogP contribution in [0.3, 0.4) is 0 Å². The molecule has 2 aromatic heterocycles. The molecule has 1 aliphatic rings. The average Bonchev–Trinajstić information content (AvgIpc) is 2.66. The van der Waals surface area contributed by atoms with Crippen LogP contribution in [0.25, 0.3) is 4.85 Å². The fourth-order valence-electron chi connectivity index (χ4n) is 2.83. The number of ketones is 1. The van der Waals surface area contributed by atoms with Gasteiger partial charge in [-0.2, -0.15) is 0 Å². The van der Waals surface area contributed by atoms with E-state index in [2.05, 4.69) is 19.8 Å². The second-order valence-electron chi connectivity index (χ2n) is 6.54. The number of pyridine rings is 2. The number of hydrogen-bond donors (Lipinski definition) is 1. The molecule has 0 radical (unpaired) electrons. The Hall–Kier alpha value is -3.60. The highest BCUT2D eigenvalue weighted by Gasteiger charge is 2.37. The zero-order valence-electron chi connectivity index (χ0n) is 15.0. The van der Waals surface area contributed by atoms with Crippen LogP contribution in [-0.2, 0) is 16.8 Å². The first-order chi connectivity index (χ1) is 12.8. The number of amides is 1. The highest BCUT2D eigenvalue weighted by Crippen LogP contribution is 2.31. The lowest BCUT2D eigenvalue weighted by molar-refractivity contribution is -0.128. The number of carbonyl (C=O) groups is 2. The van der Waals surface area contributed by atoms with Crippen LogP contribution in [0.4, 0.5) is 5.69 Å². The van der Waals surface area contributed by atoms with Crippen molar-refractivity contribution in [2.45, 2.75) is 25.3 Å². The van der Waals surface area contributed by atoms with E-state index >= 15 is 0 Å². The summed E-state index contributed by atoms with van der Waals surface area (Å²) in [5.41, 5.74) is 6.96. The van der Waals surface area contributed by atoms with Crippen molar-refractivity contribution in [3.05, 3.63) is 65.0 Å². The van der Waals surface area contributed by atoms with Crippen molar-refractivity contribution in [1.29, 1.82) is 0 Å². The molecule has 8 heteroatoms. The van der Waals surface area contributed by atoms with E-state index in [4.69, 9.17) is 12.3 Å². The molecule has 2 N–H and O–H groups in total. The summed E-state index contributed by atoms with van der Waals surface area (Å²) in [4.78, 5) is 42.0. The molecule has 0 spiro atoms. The molecule has 0 bridgehead atoms. The summed E-state index contributed by atoms with van der Waals surface area (Å²) < 4.78 is 0. The van der Waals surface area contributed by atoms with E-state index in [-0.39, 0.29) is 30.5 Å². The molecule has 1 atom stereocenters. The Bertz CT molecular complexity index is 976. The number of Topliss-reactive ketones (excluding diaryl/α,β-unsaturated/α-hetero) is 1. The number of hydrogen-bond acceptors (Lipinski definition) is 6. The van der Waals surface area contributed by atoms with E-state index in [1.54, 1.807) is 44.4 Å². The molecule has 0 aliphatic carbocycles. The highest BCUT2D eigenvalue weighted by molar-refractivity contribution is 5.98. The van der Waals surface area contributed by atoms with Gasteiger partial charge in [0.2, 0.25) is 11.6 Å². The maximum absolute atomic E-state index is 12.5. The Balaban J connectivity index is 1.84. The number of rotatable bonds is 4. The van der Waals surface area contributed by atoms with Crippen LogP contribution < -0.4 is 5.73 Å².